The highest BCUT2D eigenvalue weighted by atomic mass is 19.1. The van der Waals surface area contributed by atoms with Crippen molar-refractivity contribution in [2.45, 2.75) is 6.54 Å². The van der Waals surface area contributed by atoms with Crippen LogP contribution in [0.4, 0.5) is 10.1 Å². The first-order valence-electron chi connectivity index (χ1n) is 8.55. The second-order valence-electron chi connectivity index (χ2n) is 6.19. The molecule has 1 N–H and O–H groups in total. The number of benzene rings is 2. The van der Waals surface area contributed by atoms with Gasteiger partial charge >= 0.3 is 5.69 Å². The summed E-state index contributed by atoms with van der Waals surface area (Å²) in [4.78, 5) is 29.1. The minimum absolute atomic E-state index is 0.288. The van der Waals surface area contributed by atoms with Crippen LogP contribution in [0.2, 0.25) is 0 Å². The van der Waals surface area contributed by atoms with Crippen molar-refractivity contribution in [2.24, 2.45) is 0 Å². The van der Waals surface area contributed by atoms with Gasteiger partial charge in [-0.15, -0.1) is 5.10 Å². The zero-order chi connectivity index (χ0) is 20.5. The minimum Gasteiger partial charge on any atom is -0.497 e. The molecule has 148 valence electrons. The fourth-order valence-corrected chi connectivity index (χ4v) is 2.95. The Morgan fingerprint density at radius 2 is 1.86 bits per heavy atom. The van der Waals surface area contributed by atoms with E-state index in [1.807, 2.05) is 0 Å². The molecular formula is C19H16FN5O4. The van der Waals surface area contributed by atoms with E-state index in [9.17, 15) is 14.0 Å². The molecule has 29 heavy (non-hydrogen) atoms. The first kappa shape index (κ1) is 18.4. The van der Waals surface area contributed by atoms with Gasteiger partial charge in [0.2, 0.25) is 5.91 Å². The van der Waals surface area contributed by atoms with Gasteiger partial charge in [0.15, 0.2) is 5.65 Å². The molecule has 0 radical (unpaired) electrons. The van der Waals surface area contributed by atoms with Crippen molar-refractivity contribution in [3.8, 4) is 11.5 Å². The van der Waals surface area contributed by atoms with Crippen LogP contribution in [0.25, 0.3) is 16.6 Å². The third kappa shape index (κ3) is 3.47. The van der Waals surface area contributed by atoms with Crippen LogP contribution in [0.15, 0.2) is 47.5 Å². The van der Waals surface area contributed by atoms with Crippen LogP contribution in [0.5, 0.6) is 11.5 Å². The van der Waals surface area contributed by atoms with E-state index in [1.54, 1.807) is 18.2 Å². The molecule has 4 aromatic rings. The molecule has 0 saturated carbocycles. The quantitative estimate of drug-likeness (QED) is 0.552. The normalized spacial score (nSPS) is 11.0. The van der Waals surface area contributed by atoms with E-state index in [1.165, 1.54) is 43.1 Å². The molecular weight excluding hydrogens is 381 g/mol. The lowest BCUT2D eigenvalue weighted by atomic mass is 10.2. The van der Waals surface area contributed by atoms with Crippen molar-refractivity contribution in [3.05, 3.63) is 59.0 Å². The van der Waals surface area contributed by atoms with Crippen LogP contribution >= 0.6 is 0 Å². The number of fused-ring (bicyclic) bond motifs is 3. The predicted molar refractivity (Wildman–Crippen MR) is 103 cm³/mol. The van der Waals surface area contributed by atoms with Gasteiger partial charge in [-0.3, -0.25) is 4.79 Å². The van der Waals surface area contributed by atoms with Gasteiger partial charge in [0.25, 0.3) is 0 Å². The lowest BCUT2D eigenvalue weighted by Crippen LogP contribution is -2.28. The van der Waals surface area contributed by atoms with Crippen molar-refractivity contribution in [1.82, 2.24) is 19.2 Å². The number of carbonyl (C=O) groups is 1. The molecule has 0 aliphatic heterocycles. The van der Waals surface area contributed by atoms with Gasteiger partial charge in [0.05, 0.1) is 19.7 Å². The number of halogens is 1. The smallest absolute Gasteiger partial charge is 0.352 e. The average Bonchev–Trinajstić information content (AvgIpc) is 3.02. The number of rotatable bonds is 5. The molecule has 0 atom stereocenters. The lowest BCUT2D eigenvalue weighted by molar-refractivity contribution is -0.117. The van der Waals surface area contributed by atoms with Crippen molar-refractivity contribution in [3.63, 3.8) is 0 Å². The molecule has 0 unspecified atom stereocenters. The molecule has 0 aliphatic carbocycles. The van der Waals surface area contributed by atoms with Crippen LogP contribution in [0.1, 0.15) is 0 Å². The molecule has 10 heteroatoms. The van der Waals surface area contributed by atoms with E-state index in [2.05, 4.69) is 15.4 Å². The van der Waals surface area contributed by atoms with E-state index in [0.717, 1.165) is 4.68 Å². The maximum atomic E-state index is 13.4. The summed E-state index contributed by atoms with van der Waals surface area (Å²) in [5, 5.41) is 7.40. The van der Waals surface area contributed by atoms with E-state index in [-0.39, 0.29) is 12.2 Å². The predicted octanol–water partition coefficient (Wildman–Crippen LogP) is 1.84. The second kappa shape index (κ2) is 7.23. The van der Waals surface area contributed by atoms with Gasteiger partial charge in [0.1, 0.15) is 30.2 Å². The number of nitrogens with one attached hydrogen (secondary N) is 1. The number of carbonyl (C=O) groups excluding carboxylic acids is 1. The SMILES string of the molecule is COc1cc(NC(=O)Cn2nc3c4ccc(F)cc4ncn3c2=O)cc(OC)c1. The van der Waals surface area contributed by atoms with Crippen molar-refractivity contribution in [2.75, 3.05) is 19.5 Å². The third-order valence-electron chi connectivity index (χ3n) is 4.31. The fourth-order valence-electron chi connectivity index (χ4n) is 2.95. The summed E-state index contributed by atoms with van der Waals surface area (Å²) in [6, 6.07) is 8.92. The number of amides is 1. The molecule has 2 aromatic heterocycles. The molecule has 9 nitrogen and oxygen atoms in total. The molecule has 1 amide bonds. The number of nitrogens with zero attached hydrogens (tertiary/aromatic N) is 4. The van der Waals surface area contributed by atoms with Crippen LogP contribution in [-0.4, -0.2) is 39.3 Å². The van der Waals surface area contributed by atoms with Crippen LogP contribution in [0.3, 0.4) is 0 Å². The molecule has 0 fully saturated rings. The Bertz CT molecular complexity index is 1270. The zero-order valence-electron chi connectivity index (χ0n) is 15.5. The van der Waals surface area contributed by atoms with Gasteiger partial charge < -0.3 is 14.8 Å². The first-order chi connectivity index (χ1) is 14.0. The minimum atomic E-state index is -0.530. The molecule has 0 bridgehead atoms. The Morgan fingerprint density at radius 3 is 2.55 bits per heavy atom. The highest BCUT2D eigenvalue weighted by molar-refractivity contribution is 5.92. The summed E-state index contributed by atoms with van der Waals surface area (Å²) in [6.45, 7) is -0.317. The highest BCUT2D eigenvalue weighted by Gasteiger charge is 2.14. The van der Waals surface area contributed by atoms with Crippen LogP contribution in [-0.2, 0) is 11.3 Å². The zero-order valence-corrected chi connectivity index (χ0v) is 15.5. The Labute approximate surface area is 163 Å². The summed E-state index contributed by atoms with van der Waals surface area (Å²) in [5.41, 5.74) is 0.570. The van der Waals surface area contributed by atoms with Gasteiger partial charge in [-0.1, -0.05) is 0 Å². The first-order valence-corrected chi connectivity index (χ1v) is 8.55. The van der Waals surface area contributed by atoms with E-state index in [0.29, 0.717) is 28.1 Å². The molecule has 0 saturated heterocycles. The van der Waals surface area contributed by atoms with Crippen molar-refractivity contribution >= 4 is 28.1 Å². The summed E-state index contributed by atoms with van der Waals surface area (Å²) in [5.74, 6) is 0.113. The molecule has 0 aliphatic rings. The second-order valence-corrected chi connectivity index (χ2v) is 6.19. The topological polar surface area (TPSA) is 99.7 Å². The summed E-state index contributed by atoms with van der Waals surface area (Å²) in [6.07, 6.45) is 1.26. The average molecular weight is 397 g/mol. The molecule has 2 aromatic carbocycles. The number of hydrogen-bond acceptors (Lipinski definition) is 6. The number of methoxy groups -OCH3 is 2. The fraction of sp³-hybridized carbons (Fsp3) is 0.158. The lowest BCUT2D eigenvalue weighted by Gasteiger charge is -2.09. The summed E-state index contributed by atoms with van der Waals surface area (Å²) >= 11 is 0. The maximum absolute atomic E-state index is 13.4. The molecule has 4 rings (SSSR count). The third-order valence-corrected chi connectivity index (χ3v) is 4.31. The van der Waals surface area contributed by atoms with Gasteiger partial charge in [-0.25, -0.2) is 23.3 Å². The highest BCUT2D eigenvalue weighted by Crippen LogP contribution is 2.25. The van der Waals surface area contributed by atoms with Crippen molar-refractivity contribution < 1.29 is 18.7 Å². The van der Waals surface area contributed by atoms with Gasteiger partial charge in [0, 0.05) is 35.3 Å². The van der Waals surface area contributed by atoms with Crippen LogP contribution in [0, 0.1) is 5.82 Å². The Hall–Kier alpha value is -3.95. The number of aromatic nitrogens is 4. The summed E-state index contributed by atoms with van der Waals surface area (Å²) in [7, 11) is 3.00. The monoisotopic (exact) mass is 397 g/mol. The molecule has 2 heterocycles. The molecule has 0 spiro atoms. The number of hydrogen-bond donors (Lipinski definition) is 1. The standard InChI is InChI=1S/C19H16FN5O4/c1-28-13-6-12(7-14(8-13)29-2)22-17(26)9-25-19(27)24-10-21-16-5-11(20)3-4-15(16)18(24)23-25/h3-8,10H,9H2,1-2H3,(H,22,26). The summed E-state index contributed by atoms with van der Waals surface area (Å²) < 4.78 is 26.0. The van der Waals surface area contributed by atoms with E-state index in [4.69, 9.17) is 9.47 Å². The van der Waals surface area contributed by atoms with Crippen molar-refractivity contribution in [1.29, 1.82) is 0 Å². The number of ether oxygens (including phenoxy) is 2. The Morgan fingerprint density at radius 1 is 1.14 bits per heavy atom. The van der Waals surface area contributed by atoms with Crippen LogP contribution < -0.4 is 20.5 Å². The van der Waals surface area contributed by atoms with Gasteiger partial charge in [-0.05, 0) is 12.1 Å². The number of anilines is 1. The largest absolute Gasteiger partial charge is 0.497 e. The maximum Gasteiger partial charge on any atom is 0.352 e. The Kier molecular flexibility index (Phi) is 4.59. The Balaban J connectivity index is 1.64. The van der Waals surface area contributed by atoms with Gasteiger partial charge in [-0.2, -0.15) is 0 Å². The van der Waals surface area contributed by atoms with E-state index < -0.39 is 17.4 Å². The van der Waals surface area contributed by atoms with E-state index >= 15 is 0 Å².